The molecule has 0 saturated carbocycles. The Morgan fingerprint density at radius 2 is 1.89 bits per heavy atom. The van der Waals surface area contributed by atoms with Gasteiger partial charge in [-0.2, -0.15) is 0 Å². The van der Waals surface area contributed by atoms with E-state index in [1.807, 2.05) is 0 Å². The van der Waals surface area contributed by atoms with Crippen LogP contribution in [0.5, 0.6) is 0 Å². The summed E-state index contributed by atoms with van der Waals surface area (Å²) in [5.41, 5.74) is 1.73. The maximum Gasteiger partial charge on any atom is 0.0475 e. The molecule has 0 radical (unpaired) electrons. The van der Waals surface area contributed by atoms with Gasteiger partial charge in [0.25, 0.3) is 0 Å². The van der Waals surface area contributed by atoms with E-state index in [9.17, 15) is 0 Å². The van der Waals surface area contributed by atoms with Crippen LogP contribution >= 0.6 is 0 Å². The van der Waals surface area contributed by atoms with Gasteiger partial charge in [-0.1, -0.05) is 50.1 Å². The summed E-state index contributed by atoms with van der Waals surface area (Å²) in [6.45, 7) is 4.05. The number of benzene rings is 1. The van der Waals surface area contributed by atoms with E-state index >= 15 is 0 Å². The molecule has 2 heteroatoms. The Labute approximate surface area is 117 Å². The lowest BCUT2D eigenvalue weighted by molar-refractivity contribution is 0.0338. The van der Waals surface area contributed by atoms with E-state index in [4.69, 9.17) is 4.74 Å². The van der Waals surface area contributed by atoms with Gasteiger partial charge in [0.15, 0.2) is 0 Å². The number of unbranched alkanes of at least 4 members (excludes halogenated alkanes) is 1. The van der Waals surface area contributed by atoms with E-state index in [-0.39, 0.29) is 5.41 Å². The fraction of sp³-hybridized carbons (Fsp3) is 0.647. The van der Waals surface area contributed by atoms with Gasteiger partial charge in [0, 0.05) is 24.7 Å². The molecule has 2 rings (SSSR count). The number of hydrogen-bond donors (Lipinski definition) is 1. The topological polar surface area (TPSA) is 21.3 Å². The van der Waals surface area contributed by atoms with Crippen LogP contribution in [0.4, 0.5) is 0 Å². The van der Waals surface area contributed by atoms with Crippen molar-refractivity contribution >= 4 is 0 Å². The molecule has 0 aliphatic carbocycles. The van der Waals surface area contributed by atoms with Crippen molar-refractivity contribution in [3.63, 3.8) is 0 Å². The Morgan fingerprint density at radius 3 is 2.47 bits per heavy atom. The first kappa shape index (κ1) is 14.5. The second-order valence-corrected chi connectivity index (χ2v) is 5.62. The molecule has 106 valence electrons. The molecule has 1 heterocycles. The molecule has 1 aromatic carbocycles. The number of nitrogens with one attached hydrogen (secondary N) is 1. The van der Waals surface area contributed by atoms with Crippen LogP contribution in [0.25, 0.3) is 0 Å². The molecule has 1 unspecified atom stereocenters. The fourth-order valence-corrected chi connectivity index (χ4v) is 3.45. The summed E-state index contributed by atoms with van der Waals surface area (Å²) in [5.74, 6) is 0. The van der Waals surface area contributed by atoms with Crippen LogP contribution in [-0.2, 0) is 10.2 Å². The van der Waals surface area contributed by atoms with Crippen molar-refractivity contribution in [3.05, 3.63) is 35.9 Å². The summed E-state index contributed by atoms with van der Waals surface area (Å²) in [7, 11) is 2.11. The van der Waals surface area contributed by atoms with Crippen LogP contribution in [0.2, 0.25) is 0 Å². The molecule has 2 nitrogen and oxygen atoms in total. The maximum absolute atomic E-state index is 5.62. The predicted octanol–water partition coefficient (Wildman–Crippen LogP) is 3.51. The van der Waals surface area contributed by atoms with Gasteiger partial charge in [0.05, 0.1) is 0 Å². The highest BCUT2D eigenvalue weighted by Gasteiger charge is 2.40. The smallest absolute Gasteiger partial charge is 0.0475 e. The number of ether oxygens (including phenoxy) is 1. The van der Waals surface area contributed by atoms with Gasteiger partial charge in [-0.15, -0.1) is 0 Å². The Hall–Kier alpha value is -0.860. The Balaban J connectivity index is 2.27. The summed E-state index contributed by atoms with van der Waals surface area (Å²) in [6, 6.07) is 11.6. The molecule has 1 aromatic rings. The summed E-state index contributed by atoms with van der Waals surface area (Å²) >= 11 is 0. The second-order valence-electron chi connectivity index (χ2n) is 5.62. The lowest BCUT2D eigenvalue weighted by Gasteiger charge is -2.44. The average molecular weight is 261 g/mol. The average Bonchev–Trinajstić information content (AvgIpc) is 2.50. The molecule has 1 aliphatic heterocycles. The van der Waals surface area contributed by atoms with Crippen LogP contribution in [0.1, 0.15) is 44.6 Å². The van der Waals surface area contributed by atoms with Gasteiger partial charge >= 0.3 is 0 Å². The minimum atomic E-state index is 0.253. The Morgan fingerprint density at radius 1 is 1.21 bits per heavy atom. The van der Waals surface area contributed by atoms with Gasteiger partial charge < -0.3 is 10.1 Å². The highest BCUT2D eigenvalue weighted by Crippen LogP contribution is 2.39. The zero-order chi connectivity index (χ0) is 13.6. The van der Waals surface area contributed by atoms with E-state index in [0.717, 1.165) is 26.1 Å². The monoisotopic (exact) mass is 261 g/mol. The SMILES string of the molecule is CCCCC(NC)C1(c2ccccc2)CCOCC1. The van der Waals surface area contributed by atoms with Crippen LogP contribution < -0.4 is 5.32 Å². The molecule has 1 N–H and O–H groups in total. The fourth-order valence-electron chi connectivity index (χ4n) is 3.45. The molecule has 0 aromatic heterocycles. The molecule has 19 heavy (non-hydrogen) atoms. The summed E-state index contributed by atoms with van der Waals surface area (Å²) < 4.78 is 5.62. The van der Waals surface area contributed by atoms with Crippen molar-refractivity contribution in [2.45, 2.75) is 50.5 Å². The zero-order valence-electron chi connectivity index (χ0n) is 12.3. The first-order valence-corrected chi connectivity index (χ1v) is 7.64. The molecular weight excluding hydrogens is 234 g/mol. The van der Waals surface area contributed by atoms with Gasteiger partial charge in [-0.3, -0.25) is 0 Å². The van der Waals surface area contributed by atoms with E-state index in [0.29, 0.717) is 6.04 Å². The minimum Gasteiger partial charge on any atom is -0.381 e. The van der Waals surface area contributed by atoms with E-state index in [1.165, 1.54) is 24.8 Å². The highest BCUT2D eigenvalue weighted by atomic mass is 16.5. The number of hydrogen-bond acceptors (Lipinski definition) is 2. The first-order valence-electron chi connectivity index (χ1n) is 7.64. The van der Waals surface area contributed by atoms with Gasteiger partial charge in [0.1, 0.15) is 0 Å². The second kappa shape index (κ2) is 7.06. The number of rotatable bonds is 6. The number of likely N-dealkylation sites (N-methyl/N-ethyl adjacent to an activating group) is 1. The van der Waals surface area contributed by atoms with Crippen LogP contribution in [-0.4, -0.2) is 26.3 Å². The molecule has 0 bridgehead atoms. The first-order chi connectivity index (χ1) is 9.33. The quantitative estimate of drug-likeness (QED) is 0.846. The summed E-state index contributed by atoms with van der Waals surface area (Å²) in [4.78, 5) is 0. The van der Waals surface area contributed by atoms with E-state index in [1.54, 1.807) is 0 Å². The molecule has 0 spiro atoms. The minimum absolute atomic E-state index is 0.253. The normalized spacial score (nSPS) is 20.1. The summed E-state index contributed by atoms with van der Waals surface area (Å²) in [5, 5.41) is 3.59. The van der Waals surface area contributed by atoms with Crippen molar-refractivity contribution in [3.8, 4) is 0 Å². The van der Waals surface area contributed by atoms with Crippen molar-refractivity contribution < 1.29 is 4.74 Å². The molecule has 1 aliphatic rings. The lowest BCUT2D eigenvalue weighted by atomic mass is 9.67. The van der Waals surface area contributed by atoms with E-state index in [2.05, 4.69) is 49.6 Å². The van der Waals surface area contributed by atoms with Gasteiger partial charge in [-0.05, 0) is 31.9 Å². The third-order valence-corrected chi connectivity index (χ3v) is 4.60. The third-order valence-electron chi connectivity index (χ3n) is 4.60. The highest BCUT2D eigenvalue weighted by molar-refractivity contribution is 5.28. The largest absolute Gasteiger partial charge is 0.381 e. The lowest BCUT2D eigenvalue weighted by Crippen LogP contribution is -2.50. The standard InChI is InChI=1S/C17H27NO/c1-3-4-10-16(18-2)17(11-13-19-14-12-17)15-8-6-5-7-9-15/h5-9,16,18H,3-4,10-14H2,1-2H3. The van der Waals surface area contributed by atoms with Gasteiger partial charge in [0.2, 0.25) is 0 Å². The van der Waals surface area contributed by atoms with Crippen molar-refractivity contribution in [2.24, 2.45) is 0 Å². The molecule has 1 saturated heterocycles. The van der Waals surface area contributed by atoms with Crippen molar-refractivity contribution in [2.75, 3.05) is 20.3 Å². The third kappa shape index (κ3) is 3.18. The zero-order valence-corrected chi connectivity index (χ0v) is 12.3. The van der Waals surface area contributed by atoms with E-state index < -0.39 is 0 Å². The Bertz CT molecular complexity index is 357. The van der Waals surface area contributed by atoms with Gasteiger partial charge in [-0.25, -0.2) is 0 Å². The maximum atomic E-state index is 5.62. The van der Waals surface area contributed by atoms with Crippen molar-refractivity contribution in [1.82, 2.24) is 5.32 Å². The molecule has 0 amide bonds. The molecule has 1 atom stereocenters. The Kier molecular flexibility index (Phi) is 5.41. The summed E-state index contributed by atoms with van der Waals surface area (Å²) in [6.07, 6.45) is 6.07. The predicted molar refractivity (Wildman–Crippen MR) is 80.5 cm³/mol. The van der Waals surface area contributed by atoms with Crippen LogP contribution in [0, 0.1) is 0 Å². The molecule has 1 fully saturated rings. The van der Waals surface area contributed by atoms with Crippen molar-refractivity contribution in [1.29, 1.82) is 0 Å². The molecular formula is C17H27NO. The van der Waals surface area contributed by atoms with Crippen LogP contribution in [0.15, 0.2) is 30.3 Å². The van der Waals surface area contributed by atoms with Crippen LogP contribution in [0.3, 0.4) is 0 Å².